The zero-order valence-electron chi connectivity index (χ0n) is 10.6. The number of rotatable bonds is 5. The molecule has 0 fully saturated rings. The predicted octanol–water partition coefficient (Wildman–Crippen LogP) is 1.22. The van der Waals surface area contributed by atoms with Crippen LogP contribution in [-0.2, 0) is 4.79 Å². The molecule has 0 saturated carbocycles. The summed E-state index contributed by atoms with van der Waals surface area (Å²) in [6.45, 7) is 1.87. The Labute approximate surface area is 108 Å². The number of nitrogens with one attached hydrogen (secondary N) is 1. The molecule has 0 bridgehead atoms. The minimum Gasteiger partial charge on any atom is -0.496 e. The topological polar surface area (TPSA) is 64.4 Å². The highest BCUT2D eigenvalue weighted by molar-refractivity contribution is 5.82. The lowest BCUT2D eigenvalue weighted by atomic mass is 10.1. The Morgan fingerprint density at radius 2 is 2.22 bits per heavy atom. The summed E-state index contributed by atoms with van der Waals surface area (Å²) in [5.41, 5.74) is 6.54. The average molecular weight is 246 g/mol. The number of para-hydroxylation sites is 1. The Kier molecular flexibility index (Phi) is 5.22. The van der Waals surface area contributed by atoms with Crippen LogP contribution in [0.25, 0.3) is 0 Å². The van der Waals surface area contributed by atoms with Crippen LogP contribution in [0.2, 0.25) is 0 Å². The van der Waals surface area contributed by atoms with Gasteiger partial charge in [-0.15, -0.1) is 12.3 Å². The standard InChI is InChI=1S/C14H18N2O2/c1-4-7-12(15)14(17)16-10(2)11-8-5-6-9-13(11)18-3/h1,5-6,8-10,12H,7,15H2,2-3H3,(H,16,17)/t10-,12?/m1/s1. The molecule has 0 heterocycles. The zero-order chi connectivity index (χ0) is 13.5. The van der Waals surface area contributed by atoms with Crippen LogP contribution >= 0.6 is 0 Å². The van der Waals surface area contributed by atoms with Crippen molar-refractivity contribution in [1.82, 2.24) is 5.32 Å². The minimum atomic E-state index is -0.674. The third-order valence-electron chi connectivity index (χ3n) is 2.64. The quantitative estimate of drug-likeness (QED) is 0.768. The van der Waals surface area contributed by atoms with E-state index in [4.69, 9.17) is 16.9 Å². The van der Waals surface area contributed by atoms with E-state index in [2.05, 4.69) is 11.2 Å². The highest BCUT2D eigenvalue weighted by Gasteiger charge is 2.17. The van der Waals surface area contributed by atoms with E-state index in [1.807, 2.05) is 31.2 Å². The normalized spacial score (nSPS) is 13.2. The maximum absolute atomic E-state index is 11.7. The second-order valence-electron chi connectivity index (χ2n) is 3.99. The first-order valence-corrected chi connectivity index (χ1v) is 5.72. The van der Waals surface area contributed by atoms with Gasteiger partial charge in [0.1, 0.15) is 5.75 Å². The lowest BCUT2D eigenvalue weighted by Crippen LogP contribution is -2.41. The van der Waals surface area contributed by atoms with E-state index >= 15 is 0 Å². The molecule has 2 atom stereocenters. The molecular weight excluding hydrogens is 228 g/mol. The molecule has 1 unspecified atom stereocenters. The fourth-order valence-electron chi connectivity index (χ4n) is 1.64. The van der Waals surface area contributed by atoms with Gasteiger partial charge in [0.25, 0.3) is 0 Å². The van der Waals surface area contributed by atoms with Crippen LogP contribution in [-0.4, -0.2) is 19.1 Å². The van der Waals surface area contributed by atoms with E-state index < -0.39 is 6.04 Å². The Balaban J connectivity index is 2.73. The van der Waals surface area contributed by atoms with Gasteiger partial charge in [-0.3, -0.25) is 4.79 Å². The van der Waals surface area contributed by atoms with Crippen molar-refractivity contribution in [3.8, 4) is 18.1 Å². The number of hydrogen-bond donors (Lipinski definition) is 2. The smallest absolute Gasteiger partial charge is 0.238 e. The number of benzene rings is 1. The van der Waals surface area contributed by atoms with Gasteiger partial charge in [-0.25, -0.2) is 0 Å². The first kappa shape index (κ1) is 14.1. The summed E-state index contributed by atoms with van der Waals surface area (Å²) >= 11 is 0. The van der Waals surface area contributed by atoms with Gasteiger partial charge in [0, 0.05) is 12.0 Å². The summed E-state index contributed by atoms with van der Waals surface area (Å²) in [6, 6.07) is 6.66. The number of ether oxygens (including phenoxy) is 1. The number of nitrogens with two attached hydrogens (primary N) is 1. The van der Waals surface area contributed by atoms with Crippen LogP contribution in [0.4, 0.5) is 0 Å². The van der Waals surface area contributed by atoms with Gasteiger partial charge >= 0.3 is 0 Å². The Morgan fingerprint density at radius 1 is 1.56 bits per heavy atom. The molecular formula is C14H18N2O2. The molecule has 4 heteroatoms. The van der Waals surface area contributed by atoms with Crippen LogP contribution in [0.3, 0.4) is 0 Å². The monoisotopic (exact) mass is 246 g/mol. The third kappa shape index (κ3) is 3.51. The van der Waals surface area contributed by atoms with Gasteiger partial charge in [0.05, 0.1) is 19.2 Å². The summed E-state index contributed by atoms with van der Waals surface area (Å²) in [7, 11) is 1.59. The molecule has 1 rings (SSSR count). The summed E-state index contributed by atoms with van der Waals surface area (Å²) in [4.78, 5) is 11.7. The Hall–Kier alpha value is -1.99. The van der Waals surface area contributed by atoms with Crippen molar-refractivity contribution in [2.24, 2.45) is 5.73 Å². The number of methoxy groups -OCH3 is 1. The molecule has 18 heavy (non-hydrogen) atoms. The van der Waals surface area contributed by atoms with Gasteiger partial charge in [-0.2, -0.15) is 0 Å². The molecule has 0 aliphatic carbocycles. The molecule has 4 nitrogen and oxygen atoms in total. The molecule has 1 aromatic rings. The number of carbonyl (C=O) groups is 1. The summed E-state index contributed by atoms with van der Waals surface area (Å²) < 4.78 is 5.24. The summed E-state index contributed by atoms with van der Waals surface area (Å²) in [6.07, 6.45) is 5.35. The SMILES string of the molecule is C#CCC(N)C(=O)N[C@H](C)c1ccccc1OC. The summed E-state index contributed by atoms with van der Waals surface area (Å²) in [5, 5.41) is 2.82. The highest BCUT2D eigenvalue weighted by Crippen LogP contribution is 2.24. The van der Waals surface area contributed by atoms with E-state index in [9.17, 15) is 4.79 Å². The lowest BCUT2D eigenvalue weighted by molar-refractivity contribution is -0.122. The maximum Gasteiger partial charge on any atom is 0.238 e. The van der Waals surface area contributed by atoms with Gasteiger partial charge in [0.15, 0.2) is 0 Å². The first-order chi connectivity index (χ1) is 8.60. The number of carbonyl (C=O) groups excluding carboxylic acids is 1. The molecule has 96 valence electrons. The van der Waals surface area contributed by atoms with Crippen molar-refractivity contribution in [2.45, 2.75) is 25.4 Å². The molecule has 1 amide bonds. The Morgan fingerprint density at radius 3 is 2.83 bits per heavy atom. The average Bonchev–Trinajstić information content (AvgIpc) is 2.38. The van der Waals surface area contributed by atoms with Crippen LogP contribution in [0, 0.1) is 12.3 Å². The van der Waals surface area contributed by atoms with E-state index in [1.165, 1.54) is 0 Å². The summed E-state index contributed by atoms with van der Waals surface area (Å²) in [5.74, 6) is 2.85. The van der Waals surface area contributed by atoms with Gasteiger partial charge in [-0.1, -0.05) is 18.2 Å². The fourth-order valence-corrected chi connectivity index (χ4v) is 1.64. The number of terminal acetylenes is 1. The van der Waals surface area contributed by atoms with Crippen LogP contribution in [0.5, 0.6) is 5.75 Å². The first-order valence-electron chi connectivity index (χ1n) is 5.72. The predicted molar refractivity (Wildman–Crippen MR) is 71.0 cm³/mol. The van der Waals surface area contributed by atoms with Crippen LogP contribution in [0.1, 0.15) is 24.9 Å². The van der Waals surface area contributed by atoms with Gasteiger partial charge in [-0.05, 0) is 13.0 Å². The van der Waals surface area contributed by atoms with Crippen molar-refractivity contribution < 1.29 is 9.53 Å². The molecule has 0 aliphatic heterocycles. The third-order valence-corrected chi connectivity index (χ3v) is 2.64. The van der Waals surface area contributed by atoms with Crippen molar-refractivity contribution >= 4 is 5.91 Å². The largest absolute Gasteiger partial charge is 0.496 e. The highest BCUT2D eigenvalue weighted by atomic mass is 16.5. The molecule has 0 spiro atoms. The van der Waals surface area contributed by atoms with Crippen molar-refractivity contribution in [2.75, 3.05) is 7.11 Å². The van der Waals surface area contributed by atoms with Crippen molar-refractivity contribution in [3.05, 3.63) is 29.8 Å². The maximum atomic E-state index is 11.7. The lowest BCUT2D eigenvalue weighted by Gasteiger charge is -2.19. The fraction of sp³-hybridized carbons (Fsp3) is 0.357. The molecule has 1 aromatic carbocycles. The molecule has 3 N–H and O–H groups in total. The number of amides is 1. The second kappa shape index (κ2) is 6.67. The van der Waals surface area contributed by atoms with E-state index in [0.717, 1.165) is 11.3 Å². The molecule has 0 saturated heterocycles. The van der Waals surface area contributed by atoms with Crippen molar-refractivity contribution in [1.29, 1.82) is 0 Å². The van der Waals surface area contributed by atoms with Crippen LogP contribution in [0.15, 0.2) is 24.3 Å². The number of hydrogen-bond acceptors (Lipinski definition) is 3. The minimum absolute atomic E-state index is 0.183. The molecule has 0 radical (unpaired) electrons. The van der Waals surface area contributed by atoms with E-state index in [1.54, 1.807) is 7.11 Å². The van der Waals surface area contributed by atoms with E-state index in [-0.39, 0.29) is 18.4 Å². The molecule has 0 aliphatic rings. The molecule has 0 aromatic heterocycles. The second-order valence-corrected chi connectivity index (χ2v) is 3.99. The van der Waals surface area contributed by atoms with Gasteiger partial charge in [0.2, 0.25) is 5.91 Å². The zero-order valence-corrected chi connectivity index (χ0v) is 10.6. The Bertz CT molecular complexity index is 451. The van der Waals surface area contributed by atoms with E-state index in [0.29, 0.717) is 0 Å². The van der Waals surface area contributed by atoms with Gasteiger partial charge < -0.3 is 15.8 Å². The van der Waals surface area contributed by atoms with Crippen molar-refractivity contribution in [3.63, 3.8) is 0 Å². The van der Waals surface area contributed by atoms with Crippen LogP contribution < -0.4 is 15.8 Å².